The lowest BCUT2D eigenvalue weighted by Crippen LogP contribution is -2.15. The summed E-state index contributed by atoms with van der Waals surface area (Å²) in [5, 5.41) is 0. The van der Waals surface area contributed by atoms with Crippen molar-refractivity contribution in [3.05, 3.63) is 45.5 Å². The number of allylic oxidation sites excluding steroid dienone is 1. The van der Waals surface area contributed by atoms with Gasteiger partial charge in [0.2, 0.25) is 0 Å². The number of benzene rings is 1. The van der Waals surface area contributed by atoms with E-state index in [2.05, 4.69) is 22.0 Å². The first kappa shape index (κ1) is 14.7. The molecule has 0 bridgehead atoms. The summed E-state index contributed by atoms with van der Waals surface area (Å²) in [6.07, 6.45) is 8.88. The van der Waals surface area contributed by atoms with Gasteiger partial charge in [0, 0.05) is 0 Å². The highest BCUT2D eigenvalue weighted by atomic mass is 79.9. The quantitative estimate of drug-likeness (QED) is 0.599. The Labute approximate surface area is 121 Å². The summed E-state index contributed by atoms with van der Waals surface area (Å²) in [7, 11) is 0. The zero-order valence-electron chi connectivity index (χ0n) is 10.8. The van der Waals surface area contributed by atoms with Crippen molar-refractivity contribution in [2.75, 3.05) is 0 Å². The Bertz CT molecular complexity index is 485. The third-order valence-electron chi connectivity index (χ3n) is 3.63. The summed E-state index contributed by atoms with van der Waals surface area (Å²) in [6, 6.07) is 2.34. The van der Waals surface area contributed by atoms with Crippen LogP contribution in [0, 0.1) is 11.6 Å². The van der Waals surface area contributed by atoms with Crippen molar-refractivity contribution < 1.29 is 8.78 Å². The Morgan fingerprint density at radius 3 is 2.63 bits per heavy atom. The molecule has 1 atom stereocenters. The predicted molar refractivity (Wildman–Crippen MR) is 76.8 cm³/mol. The van der Waals surface area contributed by atoms with E-state index >= 15 is 0 Å². The molecule has 4 heteroatoms. The predicted octanol–water partition coefficient (Wildman–Crippen LogP) is 5.01. The molecule has 19 heavy (non-hydrogen) atoms. The molecule has 1 aromatic rings. The van der Waals surface area contributed by atoms with Crippen molar-refractivity contribution in [3.63, 3.8) is 0 Å². The number of hydrogen-bond acceptors (Lipinski definition) is 1. The van der Waals surface area contributed by atoms with Crippen LogP contribution in [0.3, 0.4) is 0 Å². The van der Waals surface area contributed by atoms with Crippen molar-refractivity contribution in [1.29, 1.82) is 0 Å². The fourth-order valence-corrected chi connectivity index (χ4v) is 3.05. The van der Waals surface area contributed by atoms with Crippen molar-refractivity contribution in [1.82, 2.24) is 0 Å². The van der Waals surface area contributed by atoms with E-state index in [1.165, 1.54) is 19.3 Å². The minimum absolute atomic E-state index is 0.142. The van der Waals surface area contributed by atoms with E-state index in [1.54, 1.807) is 6.07 Å². The Morgan fingerprint density at radius 2 is 1.84 bits per heavy atom. The standard InChI is InChI=1S/C15H18BrF2N/c16-13-11(8-9-12(17)14(13)18)15(19)10-6-4-2-1-3-5-7-10/h6,8-9,15H,1-5,7,19H2/b10-6+. The second-order valence-electron chi connectivity index (χ2n) is 4.97. The molecule has 2 N–H and O–H groups in total. The van der Waals surface area contributed by atoms with Crippen molar-refractivity contribution in [3.8, 4) is 0 Å². The highest BCUT2D eigenvalue weighted by Crippen LogP contribution is 2.33. The Kier molecular flexibility index (Phi) is 5.11. The third kappa shape index (κ3) is 3.42. The molecular weight excluding hydrogens is 312 g/mol. The van der Waals surface area contributed by atoms with Gasteiger partial charge in [0.25, 0.3) is 0 Å². The van der Waals surface area contributed by atoms with Gasteiger partial charge in [0.05, 0.1) is 10.5 Å². The van der Waals surface area contributed by atoms with Gasteiger partial charge < -0.3 is 5.73 Å². The van der Waals surface area contributed by atoms with Gasteiger partial charge in [-0.2, -0.15) is 0 Å². The highest BCUT2D eigenvalue weighted by Gasteiger charge is 2.19. The van der Waals surface area contributed by atoms with Crippen LogP contribution in [0.1, 0.15) is 50.1 Å². The number of nitrogens with two attached hydrogens (primary N) is 1. The van der Waals surface area contributed by atoms with Gasteiger partial charge >= 0.3 is 0 Å². The Hall–Kier alpha value is -0.740. The van der Waals surface area contributed by atoms with Crippen LogP contribution < -0.4 is 5.73 Å². The van der Waals surface area contributed by atoms with Gasteiger partial charge in [0.1, 0.15) is 0 Å². The van der Waals surface area contributed by atoms with Gasteiger partial charge in [-0.15, -0.1) is 0 Å². The second kappa shape index (κ2) is 6.62. The van der Waals surface area contributed by atoms with Crippen LogP contribution in [0.25, 0.3) is 0 Å². The first-order valence-corrected chi connectivity index (χ1v) is 7.48. The molecule has 1 nitrogen and oxygen atoms in total. The van der Waals surface area contributed by atoms with Crippen LogP contribution >= 0.6 is 15.9 Å². The van der Waals surface area contributed by atoms with Crippen molar-refractivity contribution >= 4 is 15.9 Å². The summed E-state index contributed by atoms with van der Waals surface area (Å²) in [4.78, 5) is 0. The molecule has 1 aromatic carbocycles. The topological polar surface area (TPSA) is 26.0 Å². The summed E-state index contributed by atoms with van der Waals surface area (Å²) in [6.45, 7) is 0. The zero-order chi connectivity index (χ0) is 13.8. The molecule has 104 valence electrons. The van der Waals surface area contributed by atoms with Crippen LogP contribution in [0.2, 0.25) is 0 Å². The lowest BCUT2D eigenvalue weighted by atomic mass is 9.91. The van der Waals surface area contributed by atoms with Gasteiger partial charge in [0.15, 0.2) is 11.6 Å². The summed E-state index contributed by atoms with van der Waals surface area (Å²) in [5.74, 6) is -1.71. The molecule has 1 aliphatic rings. The molecule has 1 unspecified atom stereocenters. The Morgan fingerprint density at radius 1 is 1.11 bits per heavy atom. The fraction of sp³-hybridized carbons (Fsp3) is 0.467. The van der Waals surface area contributed by atoms with E-state index in [1.807, 2.05) is 0 Å². The molecule has 0 spiro atoms. The molecule has 0 aliphatic heterocycles. The first-order chi connectivity index (χ1) is 9.11. The minimum atomic E-state index is -0.862. The van der Waals surface area contributed by atoms with E-state index in [9.17, 15) is 8.78 Å². The van der Waals surface area contributed by atoms with Crippen LogP contribution in [0.15, 0.2) is 28.3 Å². The average molecular weight is 330 g/mol. The normalized spacial score (nSPS) is 21.2. The van der Waals surface area contributed by atoms with Gasteiger partial charge in [-0.3, -0.25) is 0 Å². The van der Waals surface area contributed by atoms with E-state index in [-0.39, 0.29) is 10.5 Å². The monoisotopic (exact) mass is 329 g/mol. The van der Waals surface area contributed by atoms with Crippen molar-refractivity contribution in [2.45, 2.75) is 44.6 Å². The zero-order valence-corrected chi connectivity index (χ0v) is 12.3. The molecule has 0 saturated heterocycles. The maximum atomic E-state index is 13.6. The molecule has 0 saturated carbocycles. The highest BCUT2D eigenvalue weighted by molar-refractivity contribution is 9.10. The molecule has 0 aromatic heterocycles. The molecule has 2 rings (SSSR count). The molecule has 0 fully saturated rings. The van der Waals surface area contributed by atoms with Crippen LogP contribution in [0.4, 0.5) is 8.78 Å². The average Bonchev–Trinajstić information content (AvgIpc) is 2.35. The van der Waals surface area contributed by atoms with Crippen molar-refractivity contribution in [2.24, 2.45) is 5.73 Å². The van der Waals surface area contributed by atoms with Crippen LogP contribution in [0.5, 0.6) is 0 Å². The van der Waals surface area contributed by atoms with E-state index in [4.69, 9.17) is 5.73 Å². The molecule has 0 radical (unpaired) electrons. The van der Waals surface area contributed by atoms with Gasteiger partial charge in [-0.25, -0.2) is 8.78 Å². The third-order valence-corrected chi connectivity index (χ3v) is 4.43. The Balaban J connectivity index is 2.27. The van der Waals surface area contributed by atoms with E-state index in [0.29, 0.717) is 5.56 Å². The van der Waals surface area contributed by atoms with E-state index < -0.39 is 11.6 Å². The lowest BCUT2D eigenvalue weighted by molar-refractivity contribution is 0.500. The first-order valence-electron chi connectivity index (χ1n) is 6.69. The number of hydrogen-bond donors (Lipinski definition) is 1. The molecule has 0 heterocycles. The summed E-state index contributed by atoms with van der Waals surface area (Å²) in [5.41, 5.74) is 7.97. The lowest BCUT2D eigenvalue weighted by Gasteiger charge is -2.20. The minimum Gasteiger partial charge on any atom is -0.321 e. The largest absolute Gasteiger partial charge is 0.321 e. The fourth-order valence-electron chi connectivity index (χ4n) is 2.48. The summed E-state index contributed by atoms with van der Waals surface area (Å²) < 4.78 is 26.8. The number of rotatable bonds is 2. The number of halogens is 3. The molecular formula is C15H18BrF2N. The second-order valence-corrected chi connectivity index (χ2v) is 5.77. The molecule has 0 amide bonds. The summed E-state index contributed by atoms with van der Waals surface area (Å²) >= 11 is 3.11. The van der Waals surface area contributed by atoms with Gasteiger partial charge in [-0.1, -0.05) is 30.6 Å². The maximum absolute atomic E-state index is 13.6. The van der Waals surface area contributed by atoms with E-state index in [0.717, 1.165) is 30.9 Å². The molecule has 1 aliphatic carbocycles. The van der Waals surface area contributed by atoms with Gasteiger partial charge in [-0.05, 0) is 53.2 Å². The van der Waals surface area contributed by atoms with Crippen LogP contribution in [-0.4, -0.2) is 0 Å². The maximum Gasteiger partial charge on any atom is 0.173 e. The van der Waals surface area contributed by atoms with Crippen LogP contribution in [-0.2, 0) is 0 Å². The SMILES string of the molecule is NC(/C1=C/CCCCCC1)c1ccc(F)c(F)c1Br. The smallest absolute Gasteiger partial charge is 0.173 e.